The summed E-state index contributed by atoms with van der Waals surface area (Å²) in [6, 6.07) is 3.60. The molecule has 0 aliphatic rings. The molecule has 0 aliphatic carbocycles. The van der Waals surface area contributed by atoms with Gasteiger partial charge in [0.2, 0.25) is 5.91 Å². The maximum absolute atomic E-state index is 11.9. The lowest BCUT2D eigenvalue weighted by molar-refractivity contribution is -0.123. The largest absolute Gasteiger partial charge is 0.325 e. The van der Waals surface area contributed by atoms with Gasteiger partial charge in [0.1, 0.15) is 13.8 Å². The Morgan fingerprint density at radius 3 is 2.47 bits per heavy atom. The highest BCUT2D eigenvalue weighted by Gasteiger charge is 2.21. The second-order valence-electron chi connectivity index (χ2n) is 6.63. The minimum Gasteiger partial charge on any atom is -0.325 e. The van der Waals surface area contributed by atoms with Crippen molar-refractivity contribution in [3.8, 4) is 11.5 Å². The maximum atomic E-state index is 11.9. The average molecular weight is 274 g/mol. The van der Waals surface area contributed by atoms with Gasteiger partial charge < -0.3 is 5.32 Å². The van der Waals surface area contributed by atoms with Gasteiger partial charge in [0.05, 0.1) is 0 Å². The molecule has 4 heteroatoms. The fourth-order valence-corrected chi connectivity index (χ4v) is 1.65. The second-order valence-corrected chi connectivity index (χ2v) is 11.4. The lowest BCUT2D eigenvalue weighted by Gasteiger charge is -2.17. The molecular weight excluding hydrogens is 252 g/mol. The molecule has 0 saturated carbocycles. The van der Waals surface area contributed by atoms with Crippen molar-refractivity contribution in [2.24, 2.45) is 5.41 Å². The predicted octanol–water partition coefficient (Wildman–Crippen LogP) is 3.30. The van der Waals surface area contributed by atoms with Crippen LogP contribution in [0.4, 0.5) is 5.69 Å². The van der Waals surface area contributed by atoms with Gasteiger partial charge in [-0.1, -0.05) is 46.3 Å². The molecule has 102 valence electrons. The van der Waals surface area contributed by atoms with Crippen LogP contribution in [0.1, 0.15) is 26.5 Å². The topological polar surface area (TPSA) is 42.0 Å². The SMILES string of the molecule is CC(C)(C)C(=O)Nc1ccnc(C#C[Si](C)(C)C)c1. The lowest BCUT2D eigenvalue weighted by atomic mass is 9.95. The number of aromatic nitrogens is 1. The predicted molar refractivity (Wildman–Crippen MR) is 82.5 cm³/mol. The molecule has 0 spiro atoms. The quantitative estimate of drug-likeness (QED) is 0.630. The average Bonchev–Trinajstić information content (AvgIpc) is 2.25. The van der Waals surface area contributed by atoms with Crippen LogP contribution in [0.25, 0.3) is 0 Å². The van der Waals surface area contributed by atoms with Gasteiger partial charge in [-0.15, -0.1) is 5.54 Å². The zero-order valence-electron chi connectivity index (χ0n) is 12.6. The van der Waals surface area contributed by atoms with Gasteiger partial charge >= 0.3 is 0 Å². The van der Waals surface area contributed by atoms with Crippen LogP contribution in [0.3, 0.4) is 0 Å². The van der Waals surface area contributed by atoms with Crippen LogP contribution in [0, 0.1) is 16.9 Å². The lowest BCUT2D eigenvalue weighted by Crippen LogP contribution is -2.27. The number of hydrogen-bond donors (Lipinski definition) is 1. The van der Waals surface area contributed by atoms with E-state index in [1.54, 1.807) is 12.3 Å². The third kappa shape index (κ3) is 5.71. The first-order valence-corrected chi connectivity index (χ1v) is 9.89. The van der Waals surface area contributed by atoms with Crippen molar-refractivity contribution >= 4 is 19.7 Å². The first-order valence-electron chi connectivity index (χ1n) is 6.39. The standard InChI is InChI=1S/C15H22N2OSi/c1-15(2,3)14(18)17-13-7-9-16-12(11-13)8-10-19(4,5)6/h7,9,11H,1-6H3,(H,16,17,18). The minimum absolute atomic E-state index is 0.0113. The number of nitrogens with one attached hydrogen (secondary N) is 1. The Labute approximate surface area is 116 Å². The van der Waals surface area contributed by atoms with E-state index in [1.807, 2.05) is 26.8 Å². The van der Waals surface area contributed by atoms with Crippen molar-refractivity contribution < 1.29 is 4.79 Å². The molecule has 1 rings (SSSR count). The van der Waals surface area contributed by atoms with E-state index in [2.05, 4.69) is 41.4 Å². The van der Waals surface area contributed by atoms with Crippen molar-refractivity contribution in [2.75, 3.05) is 5.32 Å². The van der Waals surface area contributed by atoms with E-state index in [0.717, 1.165) is 5.69 Å². The highest BCUT2D eigenvalue weighted by molar-refractivity contribution is 6.83. The number of carbonyl (C=O) groups is 1. The van der Waals surface area contributed by atoms with Gasteiger partial charge in [0.15, 0.2) is 0 Å². The summed E-state index contributed by atoms with van der Waals surface area (Å²) in [6.07, 6.45) is 1.67. The highest BCUT2D eigenvalue weighted by atomic mass is 28.3. The van der Waals surface area contributed by atoms with Crippen LogP contribution >= 0.6 is 0 Å². The molecule has 0 aromatic carbocycles. The molecule has 0 fully saturated rings. The molecule has 0 unspecified atom stereocenters. The van der Waals surface area contributed by atoms with Crippen LogP contribution in [-0.2, 0) is 4.79 Å². The van der Waals surface area contributed by atoms with E-state index in [0.29, 0.717) is 5.69 Å². The monoisotopic (exact) mass is 274 g/mol. The van der Waals surface area contributed by atoms with E-state index < -0.39 is 13.5 Å². The molecule has 1 N–H and O–H groups in total. The fourth-order valence-electron chi connectivity index (χ4n) is 1.15. The van der Waals surface area contributed by atoms with Crippen LogP contribution in [0.15, 0.2) is 18.3 Å². The zero-order chi connectivity index (χ0) is 14.7. The van der Waals surface area contributed by atoms with Gasteiger partial charge in [0, 0.05) is 17.3 Å². The van der Waals surface area contributed by atoms with Crippen molar-refractivity contribution in [3.63, 3.8) is 0 Å². The Morgan fingerprint density at radius 1 is 1.32 bits per heavy atom. The second kappa shape index (κ2) is 5.58. The first kappa shape index (κ1) is 15.5. The number of anilines is 1. The third-order valence-electron chi connectivity index (χ3n) is 2.26. The summed E-state index contributed by atoms with van der Waals surface area (Å²) in [4.78, 5) is 16.1. The molecule has 1 heterocycles. The van der Waals surface area contributed by atoms with E-state index in [4.69, 9.17) is 0 Å². The molecule has 19 heavy (non-hydrogen) atoms. The van der Waals surface area contributed by atoms with E-state index in [9.17, 15) is 4.79 Å². The van der Waals surface area contributed by atoms with Gasteiger partial charge in [-0.05, 0) is 12.1 Å². The molecule has 1 aromatic rings. The van der Waals surface area contributed by atoms with Crippen molar-refractivity contribution in [1.29, 1.82) is 0 Å². The van der Waals surface area contributed by atoms with Gasteiger partial charge in [-0.25, -0.2) is 4.98 Å². The zero-order valence-corrected chi connectivity index (χ0v) is 13.6. The van der Waals surface area contributed by atoms with Crippen LogP contribution < -0.4 is 5.32 Å². The van der Waals surface area contributed by atoms with Crippen molar-refractivity contribution in [2.45, 2.75) is 40.4 Å². The van der Waals surface area contributed by atoms with Gasteiger partial charge in [-0.3, -0.25) is 4.79 Å². The molecule has 0 radical (unpaired) electrons. The number of amides is 1. The summed E-state index contributed by atoms with van der Waals surface area (Å²) in [6.45, 7) is 12.2. The Kier molecular flexibility index (Phi) is 4.54. The van der Waals surface area contributed by atoms with E-state index in [1.165, 1.54) is 0 Å². The number of nitrogens with zero attached hydrogens (tertiary/aromatic N) is 1. The summed E-state index contributed by atoms with van der Waals surface area (Å²) in [5.74, 6) is 3.08. The minimum atomic E-state index is -1.41. The Morgan fingerprint density at radius 2 is 1.95 bits per heavy atom. The summed E-state index contributed by atoms with van der Waals surface area (Å²) in [5, 5.41) is 2.88. The van der Waals surface area contributed by atoms with Gasteiger partial charge in [-0.2, -0.15) is 0 Å². The normalized spacial score (nSPS) is 11.5. The maximum Gasteiger partial charge on any atom is 0.229 e. The van der Waals surface area contributed by atoms with Crippen LogP contribution in [-0.4, -0.2) is 19.0 Å². The highest BCUT2D eigenvalue weighted by Crippen LogP contribution is 2.17. The molecular formula is C15H22N2OSi. The van der Waals surface area contributed by atoms with Crippen molar-refractivity contribution in [1.82, 2.24) is 4.98 Å². The van der Waals surface area contributed by atoms with E-state index >= 15 is 0 Å². The molecule has 1 aromatic heterocycles. The Balaban J connectivity index is 2.89. The Bertz CT molecular complexity index is 528. The first-order chi connectivity index (χ1) is 8.58. The molecule has 0 atom stereocenters. The molecule has 1 amide bonds. The smallest absolute Gasteiger partial charge is 0.229 e. The molecule has 3 nitrogen and oxygen atoms in total. The summed E-state index contributed by atoms with van der Waals surface area (Å²) in [7, 11) is -1.41. The van der Waals surface area contributed by atoms with Crippen molar-refractivity contribution in [3.05, 3.63) is 24.0 Å². The number of rotatable bonds is 1. The number of hydrogen-bond acceptors (Lipinski definition) is 2. The van der Waals surface area contributed by atoms with E-state index in [-0.39, 0.29) is 5.91 Å². The summed E-state index contributed by atoms with van der Waals surface area (Å²) >= 11 is 0. The third-order valence-corrected chi connectivity index (χ3v) is 3.14. The summed E-state index contributed by atoms with van der Waals surface area (Å²) in [5.41, 5.74) is 4.30. The molecule has 0 bridgehead atoms. The molecule has 0 aliphatic heterocycles. The fraction of sp³-hybridized carbons (Fsp3) is 0.467. The summed E-state index contributed by atoms with van der Waals surface area (Å²) < 4.78 is 0. The van der Waals surface area contributed by atoms with Crippen LogP contribution in [0.2, 0.25) is 19.6 Å². The van der Waals surface area contributed by atoms with Crippen LogP contribution in [0.5, 0.6) is 0 Å². The van der Waals surface area contributed by atoms with Gasteiger partial charge in [0.25, 0.3) is 0 Å². The number of pyridine rings is 1. The molecule has 0 saturated heterocycles. The Hall–Kier alpha value is -1.60. The number of carbonyl (C=O) groups excluding carboxylic acids is 1.